The van der Waals surface area contributed by atoms with E-state index in [4.69, 9.17) is 0 Å². The lowest BCUT2D eigenvalue weighted by molar-refractivity contribution is -0.384. The second-order valence-electron chi connectivity index (χ2n) is 3.83. The van der Waals surface area contributed by atoms with Crippen molar-refractivity contribution in [2.24, 2.45) is 0 Å². The van der Waals surface area contributed by atoms with Crippen molar-refractivity contribution >= 4 is 22.9 Å². The number of rotatable bonds is 2. The number of esters is 1. The van der Waals surface area contributed by atoms with Crippen LogP contribution in [0.25, 0.3) is 5.57 Å². The molecule has 0 aromatic heterocycles. The van der Waals surface area contributed by atoms with Gasteiger partial charge in [0.15, 0.2) is 0 Å². The molecule has 6 nitrogen and oxygen atoms in total. The van der Waals surface area contributed by atoms with Crippen LogP contribution in [-0.4, -0.2) is 24.5 Å². The zero-order chi connectivity index (χ0) is 13.3. The van der Waals surface area contributed by atoms with Gasteiger partial charge in [0.2, 0.25) is 0 Å². The van der Waals surface area contributed by atoms with Gasteiger partial charge < -0.3 is 10.1 Å². The number of nitro groups is 1. The fourth-order valence-electron chi connectivity index (χ4n) is 1.98. The first kappa shape index (κ1) is 12.1. The fourth-order valence-corrected chi connectivity index (χ4v) is 1.98. The van der Waals surface area contributed by atoms with Gasteiger partial charge in [0.25, 0.3) is 5.69 Å². The molecule has 0 radical (unpaired) electrons. The van der Waals surface area contributed by atoms with E-state index in [9.17, 15) is 14.9 Å². The van der Waals surface area contributed by atoms with Crippen molar-refractivity contribution < 1.29 is 14.5 Å². The molecule has 1 heterocycles. The minimum Gasteiger partial charge on any atom is -0.465 e. The highest BCUT2D eigenvalue weighted by Gasteiger charge is 2.27. The number of hydrogen-bond acceptors (Lipinski definition) is 5. The highest BCUT2D eigenvalue weighted by Crippen LogP contribution is 2.39. The standard InChI is InChI=1S/C12H12N2O4/c1-3-7-6-13-11-9(7)4-8(12(15)18-2)5-10(11)14(16)17/h3-5,13H,6H2,1-2H3/b7-3+. The average Bonchev–Trinajstić information content (AvgIpc) is 2.79. The second kappa shape index (κ2) is 4.48. The molecule has 6 heteroatoms. The molecule has 0 aliphatic carbocycles. The summed E-state index contributed by atoms with van der Waals surface area (Å²) in [5.41, 5.74) is 2.16. The van der Waals surface area contributed by atoms with E-state index in [1.807, 2.05) is 13.0 Å². The Hall–Kier alpha value is -2.37. The third-order valence-corrected chi connectivity index (χ3v) is 2.89. The average molecular weight is 248 g/mol. The molecule has 1 N–H and O–H groups in total. The van der Waals surface area contributed by atoms with E-state index in [1.54, 1.807) is 6.07 Å². The molecule has 0 atom stereocenters. The van der Waals surface area contributed by atoms with Crippen LogP contribution in [0.1, 0.15) is 22.8 Å². The van der Waals surface area contributed by atoms with Crippen LogP contribution in [0, 0.1) is 10.1 Å². The molecule has 1 aromatic carbocycles. The fraction of sp³-hybridized carbons (Fsp3) is 0.250. The van der Waals surface area contributed by atoms with E-state index in [2.05, 4.69) is 10.1 Å². The first-order valence-corrected chi connectivity index (χ1v) is 5.38. The Balaban J connectivity index is 2.66. The molecule has 0 unspecified atom stereocenters. The molecule has 1 aliphatic heterocycles. The van der Waals surface area contributed by atoms with E-state index in [0.29, 0.717) is 17.8 Å². The van der Waals surface area contributed by atoms with Crippen LogP contribution in [0.3, 0.4) is 0 Å². The number of anilines is 1. The third kappa shape index (κ3) is 1.81. The predicted octanol–water partition coefficient (Wildman–Crippen LogP) is 2.21. The van der Waals surface area contributed by atoms with Crippen molar-refractivity contribution in [2.75, 3.05) is 19.0 Å². The van der Waals surface area contributed by atoms with Gasteiger partial charge in [-0.25, -0.2) is 4.79 Å². The van der Waals surface area contributed by atoms with Crippen LogP contribution in [0.2, 0.25) is 0 Å². The topological polar surface area (TPSA) is 81.5 Å². The van der Waals surface area contributed by atoms with Gasteiger partial charge in [-0.1, -0.05) is 6.08 Å². The summed E-state index contributed by atoms with van der Waals surface area (Å²) in [7, 11) is 1.25. The molecule has 0 amide bonds. The van der Waals surface area contributed by atoms with Crippen molar-refractivity contribution in [1.29, 1.82) is 0 Å². The van der Waals surface area contributed by atoms with Gasteiger partial charge in [0.1, 0.15) is 5.69 Å². The maximum absolute atomic E-state index is 11.5. The molecular weight excluding hydrogens is 236 g/mol. The number of benzene rings is 1. The van der Waals surface area contributed by atoms with Crippen molar-refractivity contribution in [2.45, 2.75) is 6.92 Å². The minimum atomic E-state index is -0.580. The molecule has 0 fully saturated rings. The number of methoxy groups -OCH3 is 1. The second-order valence-corrected chi connectivity index (χ2v) is 3.83. The monoisotopic (exact) mass is 248 g/mol. The zero-order valence-corrected chi connectivity index (χ0v) is 10.0. The number of ether oxygens (including phenoxy) is 1. The number of allylic oxidation sites excluding steroid dienone is 1. The van der Waals surface area contributed by atoms with Gasteiger partial charge in [-0.15, -0.1) is 0 Å². The normalized spacial score (nSPS) is 15.1. The van der Waals surface area contributed by atoms with Gasteiger partial charge >= 0.3 is 5.97 Å². The summed E-state index contributed by atoms with van der Waals surface area (Å²) >= 11 is 0. The number of nitrogens with zero attached hydrogens (tertiary/aromatic N) is 1. The molecule has 0 spiro atoms. The van der Waals surface area contributed by atoms with E-state index >= 15 is 0 Å². The Morgan fingerprint density at radius 2 is 2.28 bits per heavy atom. The molecule has 0 saturated heterocycles. The van der Waals surface area contributed by atoms with Gasteiger partial charge in [-0.2, -0.15) is 0 Å². The largest absolute Gasteiger partial charge is 0.465 e. The van der Waals surface area contributed by atoms with Crippen molar-refractivity contribution in [3.8, 4) is 0 Å². The highest BCUT2D eigenvalue weighted by molar-refractivity contribution is 5.97. The summed E-state index contributed by atoms with van der Waals surface area (Å²) in [5.74, 6) is -0.580. The SMILES string of the molecule is C/C=C1\CNc2c1cc(C(=O)OC)cc2[N+](=O)[O-]. The molecule has 18 heavy (non-hydrogen) atoms. The van der Waals surface area contributed by atoms with Gasteiger partial charge in [0, 0.05) is 18.2 Å². The van der Waals surface area contributed by atoms with Crippen LogP contribution in [0.4, 0.5) is 11.4 Å². The molecule has 1 aliphatic rings. The van der Waals surface area contributed by atoms with Crippen LogP contribution in [-0.2, 0) is 4.74 Å². The summed E-state index contributed by atoms with van der Waals surface area (Å²) < 4.78 is 4.60. The smallest absolute Gasteiger partial charge is 0.338 e. The number of carbonyl (C=O) groups is 1. The van der Waals surface area contributed by atoms with Crippen LogP contribution < -0.4 is 5.32 Å². The first-order chi connectivity index (χ1) is 8.58. The maximum Gasteiger partial charge on any atom is 0.338 e. The Bertz CT molecular complexity index is 563. The lowest BCUT2D eigenvalue weighted by Crippen LogP contribution is -2.04. The molecular formula is C12H12N2O4. The zero-order valence-electron chi connectivity index (χ0n) is 10.0. The molecule has 2 rings (SSSR count). The van der Waals surface area contributed by atoms with Crippen molar-refractivity contribution in [1.82, 2.24) is 0 Å². The van der Waals surface area contributed by atoms with Crippen molar-refractivity contribution in [3.63, 3.8) is 0 Å². The number of nitro benzene ring substituents is 1. The van der Waals surface area contributed by atoms with Crippen LogP contribution in [0.5, 0.6) is 0 Å². The number of carbonyl (C=O) groups excluding carboxylic acids is 1. The van der Waals surface area contributed by atoms with E-state index in [-0.39, 0.29) is 11.3 Å². The summed E-state index contributed by atoms with van der Waals surface area (Å²) in [6.45, 7) is 2.38. The minimum absolute atomic E-state index is 0.107. The number of nitrogens with one attached hydrogen (secondary N) is 1. The summed E-state index contributed by atoms with van der Waals surface area (Å²) in [6, 6.07) is 2.85. The maximum atomic E-state index is 11.5. The summed E-state index contributed by atoms with van der Waals surface area (Å²) in [6.07, 6.45) is 1.86. The first-order valence-electron chi connectivity index (χ1n) is 5.38. The molecule has 94 valence electrons. The highest BCUT2D eigenvalue weighted by atomic mass is 16.6. The van der Waals surface area contributed by atoms with E-state index in [1.165, 1.54) is 13.2 Å². The van der Waals surface area contributed by atoms with Crippen molar-refractivity contribution in [3.05, 3.63) is 39.4 Å². The molecule has 1 aromatic rings. The van der Waals surface area contributed by atoms with Gasteiger partial charge in [-0.05, 0) is 18.6 Å². The van der Waals surface area contributed by atoms with E-state index in [0.717, 1.165) is 5.57 Å². The summed E-state index contributed by atoms with van der Waals surface area (Å²) in [5, 5.41) is 14.0. The van der Waals surface area contributed by atoms with Crippen LogP contribution >= 0.6 is 0 Å². The third-order valence-electron chi connectivity index (χ3n) is 2.89. The quantitative estimate of drug-likeness (QED) is 0.493. The van der Waals surface area contributed by atoms with Gasteiger partial charge in [0.05, 0.1) is 17.6 Å². The molecule has 0 bridgehead atoms. The Morgan fingerprint density at radius 1 is 1.56 bits per heavy atom. The predicted molar refractivity (Wildman–Crippen MR) is 66.6 cm³/mol. The number of hydrogen-bond donors (Lipinski definition) is 1. The lowest BCUT2D eigenvalue weighted by Gasteiger charge is -2.05. The Labute approximate surface area is 103 Å². The number of fused-ring (bicyclic) bond motifs is 1. The summed E-state index contributed by atoms with van der Waals surface area (Å²) in [4.78, 5) is 22.0. The van der Waals surface area contributed by atoms with Crippen LogP contribution in [0.15, 0.2) is 18.2 Å². The lowest BCUT2D eigenvalue weighted by atomic mass is 10.0. The molecule has 0 saturated carbocycles. The Morgan fingerprint density at radius 3 is 2.83 bits per heavy atom. The van der Waals surface area contributed by atoms with Gasteiger partial charge in [-0.3, -0.25) is 10.1 Å². The Kier molecular flexibility index (Phi) is 3.01. The van der Waals surface area contributed by atoms with E-state index < -0.39 is 10.9 Å².